The number of amides is 1. The Morgan fingerprint density at radius 2 is 1.88 bits per heavy atom. The van der Waals surface area contributed by atoms with Crippen molar-refractivity contribution in [2.45, 2.75) is 27.3 Å². The van der Waals surface area contributed by atoms with Crippen LogP contribution in [-0.2, 0) is 6.54 Å². The van der Waals surface area contributed by atoms with Crippen molar-refractivity contribution in [1.29, 1.82) is 0 Å². The van der Waals surface area contributed by atoms with E-state index in [9.17, 15) is 4.79 Å². The van der Waals surface area contributed by atoms with Gasteiger partial charge in [-0.3, -0.25) is 9.69 Å². The maximum absolute atomic E-state index is 12.5. The fourth-order valence-corrected chi connectivity index (χ4v) is 3.70. The van der Waals surface area contributed by atoms with Crippen molar-refractivity contribution in [3.63, 3.8) is 0 Å². The number of benzene rings is 1. The standard InChI is InChI=1S/C20H30N4O/c1-5-24-16(3)15(2)18-14-17(6-7-19(18)24)20(25)21-8-9-23-12-10-22(4)11-13-23/h6-7,14H,5,8-13H2,1-4H3,(H,21,25). The Morgan fingerprint density at radius 3 is 2.56 bits per heavy atom. The van der Waals surface area contributed by atoms with E-state index in [4.69, 9.17) is 0 Å². The van der Waals surface area contributed by atoms with Crippen molar-refractivity contribution >= 4 is 16.8 Å². The molecule has 3 rings (SSSR count). The van der Waals surface area contributed by atoms with Crippen molar-refractivity contribution in [2.75, 3.05) is 46.3 Å². The van der Waals surface area contributed by atoms with Gasteiger partial charge in [0, 0.05) is 68.0 Å². The Hall–Kier alpha value is -1.85. The smallest absolute Gasteiger partial charge is 0.251 e. The zero-order valence-corrected chi connectivity index (χ0v) is 15.9. The molecule has 1 saturated heterocycles. The molecule has 0 saturated carbocycles. The normalized spacial score (nSPS) is 16.5. The fourth-order valence-electron chi connectivity index (χ4n) is 3.70. The van der Waals surface area contributed by atoms with Gasteiger partial charge in [-0.15, -0.1) is 0 Å². The van der Waals surface area contributed by atoms with Gasteiger partial charge in [0.25, 0.3) is 5.91 Å². The minimum atomic E-state index is 0.0253. The van der Waals surface area contributed by atoms with Crippen molar-refractivity contribution < 1.29 is 4.79 Å². The first-order valence-electron chi connectivity index (χ1n) is 9.29. The molecule has 1 aliphatic heterocycles. The third kappa shape index (κ3) is 3.72. The van der Waals surface area contributed by atoms with Crippen LogP contribution >= 0.6 is 0 Å². The first-order valence-corrected chi connectivity index (χ1v) is 9.29. The number of piperazine rings is 1. The van der Waals surface area contributed by atoms with E-state index in [-0.39, 0.29) is 5.91 Å². The van der Waals surface area contributed by atoms with E-state index in [1.165, 1.54) is 22.2 Å². The molecule has 0 atom stereocenters. The Bertz CT molecular complexity index is 757. The molecule has 1 aliphatic rings. The summed E-state index contributed by atoms with van der Waals surface area (Å²) in [4.78, 5) is 17.3. The molecule has 0 spiro atoms. The lowest BCUT2D eigenvalue weighted by molar-refractivity contribution is 0.0941. The quantitative estimate of drug-likeness (QED) is 0.906. The van der Waals surface area contributed by atoms with Crippen molar-refractivity contribution in [1.82, 2.24) is 19.7 Å². The lowest BCUT2D eigenvalue weighted by atomic mass is 10.1. The predicted octanol–water partition coefficient (Wildman–Crippen LogP) is 2.26. The van der Waals surface area contributed by atoms with E-state index < -0.39 is 0 Å². The van der Waals surface area contributed by atoms with E-state index >= 15 is 0 Å². The molecule has 25 heavy (non-hydrogen) atoms. The summed E-state index contributed by atoms with van der Waals surface area (Å²) >= 11 is 0. The van der Waals surface area contributed by atoms with Crippen LogP contribution in [0, 0.1) is 13.8 Å². The van der Waals surface area contributed by atoms with E-state index in [1.807, 2.05) is 12.1 Å². The van der Waals surface area contributed by atoms with Crippen LogP contribution in [0.2, 0.25) is 0 Å². The molecule has 1 amide bonds. The van der Waals surface area contributed by atoms with Gasteiger partial charge in [0.05, 0.1) is 0 Å². The van der Waals surface area contributed by atoms with Crippen LogP contribution in [0.5, 0.6) is 0 Å². The molecule has 1 fully saturated rings. The largest absolute Gasteiger partial charge is 0.351 e. The summed E-state index contributed by atoms with van der Waals surface area (Å²) in [5.41, 5.74) is 4.52. The molecule has 2 heterocycles. The lowest BCUT2D eigenvalue weighted by Crippen LogP contribution is -2.46. The van der Waals surface area contributed by atoms with Gasteiger partial charge in [-0.1, -0.05) is 0 Å². The number of carbonyl (C=O) groups excluding carboxylic acids is 1. The number of nitrogens with one attached hydrogen (secondary N) is 1. The maximum atomic E-state index is 12.5. The van der Waals surface area contributed by atoms with E-state index in [0.29, 0.717) is 6.54 Å². The highest BCUT2D eigenvalue weighted by Crippen LogP contribution is 2.26. The zero-order valence-electron chi connectivity index (χ0n) is 15.9. The number of carbonyl (C=O) groups is 1. The lowest BCUT2D eigenvalue weighted by Gasteiger charge is -2.32. The monoisotopic (exact) mass is 342 g/mol. The molecule has 0 radical (unpaired) electrons. The van der Waals surface area contributed by atoms with Gasteiger partial charge in [-0.2, -0.15) is 0 Å². The molecule has 1 aromatic carbocycles. The molecular formula is C20H30N4O. The van der Waals surface area contributed by atoms with Crippen molar-refractivity contribution in [3.05, 3.63) is 35.0 Å². The predicted molar refractivity (Wildman–Crippen MR) is 103 cm³/mol. The Balaban J connectivity index is 1.63. The molecule has 0 bridgehead atoms. The number of hydrogen-bond donors (Lipinski definition) is 1. The van der Waals surface area contributed by atoms with E-state index in [1.54, 1.807) is 0 Å². The molecule has 5 nitrogen and oxygen atoms in total. The summed E-state index contributed by atoms with van der Waals surface area (Å²) in [6.45, 7) is 13.4. The van der Waals surface area contributed by atoms with Gasteiger partial charge in [0.15, 0.2) is 0 Å². The van der Waals surface area contributed by atoms with Gasteiger partial charge in [-0.05, 0) is 51.6 Å². The number of aromatic nitrogens is 1. The van der Waals surface area contributed by atoms with Crippen LogP contribution in [0.3, 0.4) is 0 Å². The number of aryl methyl sites for hydroxylation is 2. The number of fused-ring (bicyclic) bond motifs is 1. The Kier molecular flexibility index (Phi) is 5.45. The number of nitrogens with zero attached hydrogens (tertiary/aromatic N) is 3. The minimum absolute atomic E-state index is 0.0253. The van der Waals surface area contributed by atoms with Crippen LogP contribution < -0.4 is 5.32 Å². The van der Waals surface area contributed by atoms with Crippen LogP contribution in [0.4, 0.5) is 0 Å². The summed E-state index contributed by atoms with van der Waals surface area (Å²) in [6.07, 6.45) is 0. The maximum Gasteiger partial charge on any atom is 0.251 e. The van der Waals surface area contributed by atoms with Crippen molar-refractivity contribution in [3.8, 4) is 0 Å². The zero-order chi connectivity index (χ0) is 18.0. The first-order chi connectivity index (χ1) is 12.0. The number of likely N-dealkylation sites (N-methyl/N-ethyl adjacent to an activating group) is 1. The second-order valence-electron chi connectivity index (χ2n) is 7.09. The summed E-state index contributed by atoms with van der Waals surface area (Å²) in [7, 11) is 2.16. The van der Waals surface area contributed by atoms with Crippen LogP contribution in [0.25, 0.3) is 10.9 Å². The highest BCUT2D eigenvalue weighted by atomic mass is 16.1. The Morgan fingerprint density at radius 1 is 1.16 bits per heavy atom. The van der Waals surface area contributed by atoms with E-state index in [2.05, 4.69) is 53.6 Å². The summed E-state index contributed by atoms with van der Waals surface area (Å²) in [5.74, 6) is 0.0253. The molecule has 1 aromatic heterocycles. The molecule has 0 unspecified atom stereocenters. The second-order valence-corrected chi connectivity index (χ2v) is 7.09. The third-order valence-electron chi connectivity index (χ3n) is 5.53. The molecule has 0 aliphatic carbocycles. The first kappa shape index (κ1) is 18.0. The Labute approximate surface area is 150 Å². The molecule has 136 valence electrons. The van der Waals surface area contributed by atoms with Gasteiger partial charge in [-0.25, -0.2) is 0 Å². The summed E-state index contributed by atoms with van der Waals surface area (Å²) in [6, 6.07) is 6.06. The molecular weight excluding hydrogens is 312 g/mol. The fraction of sp³-hybridized carbons (Fsp3) is 0.550. The van der Waals surface area contributed by atoms with Gasteiger partial charge < -0.3 is 14.8 Å². The molecule has 5 heteroatoms. The SMILES string of the molecule is CCn1c(C)c(C)c2cc(C(=O)NCCN3CCN(C)CC3)ccc21. The minimum Gasteiger partial charge on any atom is -0.351 e. The highest BCUT2D eigenvalue weighted by Gasteiger charge is 2.15. The van der Waals surface area contributed by atoms with Crippen LogP contribution in [0.15, 0.2) is 18.2 Å². The van der Waals surface area contributed by atoms with Gasteiger partial charge >= 0.3 is 0 Å². The average Bonchev–Trinajstić information content (AvgIpc) is 2.86. The van der Waals surface area contributed by atoms with Gasteiger partial charge in [0.2, 0.25) is 0 Å². The molecule has 1 N–H and O–H groups in total. The van der Waals surface area contributed by atoms with Crippen LogP contribution in [0.1, 0.15) is 28.5 Å². The molecule has 2 aromatic rings. The number of rotatable bonds is 5. The van der Waals surface area contributed by atoms with Crippen LogP contribution in [-0.4, -0.2) is 66.6 Å². The summed E-state index contributed by atoms with van der Waals surface area (Å²) in [5, 5.41) is 4.26. The average molecular weight is 342 g/mol. The van der Waals surface area contributed by atoms with E-state index in [0.717, 1.165) is 44.8 Å². The third-order valence-corrected chi connectivity index (χ3v) is 5.53. The summed E-state index contributed by atoms with van der Waals surface area (Å²) < 4.78 is 2.31. The second kappa shape index (κ2) is 7.58. The topological polar surface area (TPSA) is 40.5 Å². The van der Waals surface area contributed by atoms with Crippen molar-refractivity contribution in [2.24, 2.45) is 0 Å². The number of hydrogen-bond acceptors (Lipinski definition) is 3. The highest BCUT2D eigenvalue weighted by molar-refractivity contribution is 5.99. The van der Waals surface area contributed by atoms with Gasteiger partial charge in [0.1, 0.15) is 0 Å².